The summed E-state index contributed by atoms with van der Waals surface area (Å²) in [5.41, 5.74) is 5.02. The van der Waals surface area contributed by atoms with E-state index in [2.05, 4.69) is 54.8 Å². The maximum Gasteiger partial charge on any atom is 0.305 e. The summed E-state index contributed by atoms with van der Waals surface area (Å²) in [6, 6.07) is 13.0. The van der Waals surface area contributed by atoms with Gasteiger partial charge in [0.2, 0.25) is 0 Å². The average Bonchev–Trinajstić information content (AvgIpc) is 2.84. The number of aromatic nitrogens is 1. The molecule has 22 heavy (non-hydrogen) atoms. The summed E-state index contributed by atoms with van der Waals surface area (Å²) in [5, 5.41) is 0. The van der Waals surface area contributed by atoms with Gasteiger partial charge in [0.1, 0.15) is 0 Å². The summed E-state index contributed by atoms with van der Waals surface area (Å²) in [6.07, 6.45) is 3.42. The highest BCUT2D eigenvalue weighted by atomic mass is 16.5. The molecular formula is C19H25NO2. The zero-order valence-electron chi connectivity index (χ0n) is 13.8. The molecule has 118 valence electrons. The number of nitrogens with zero attached hydrogens (tertiary/aromatic N) is 1. The van der Waals surface area contributed by atoms with Crippen molar-refractivity contribution in [3.05, 3.63) is 53.3 Å². The van der Waals surface area contributed by atoms with E-state index in [9.17, 15) is 4.79 Å². The molecule has 1 aromatic heterocycles. The number of carbonyl (C=O) groups is 1. The predicted octanol–water partition coefficient (Wildman–Crippen LogP) is 4.37. The molecule has 0 radical (unpaired) electrons. The second kappa shape index (κ2) is 7.83. The van der Waals surface area contributed by atoms with Crippen LogP contribution in [0.25, 0.3) is 5.69 Å². The molecule has 3 heteroatoms. The SMILES string of the molecule is CCOC(=O)CCCCc1ccc(-n2c(C)ccc2C)cc1. The van der Waals surface area contributed by atoms with Gasteiger partial charge < -0.3 is 9.30 Å². The summed E-state index contributed by atoms with van der Waals surface area (Å²) in [6.45, 7) is 6.55. The largest absolute Gasteiger partial charge is 0.466 e. The Hall–Kier alpha value is -2.03. The maximum absolute atomic E-state index is 11.3. The molecule has 0 aliphatic carbocycles. The van der Waals surface area contributed by atoms with Gasteiger partial charge in [-0.1, -0.05) is 12.1 Å². The lowest BCUT2D eigenvalue weighted by molar-refractivity contribution is -0.143. The van der Waals surface area contributed by atoms with Crippen LogP contribution in [0.2, 0.25) is 0 Å². The normalized spacial score (nSPS) is 10.7. The van der Waals surface area contributed by atoms with Crippen molar-refractivity contribution in [3.63, 3.8) is 0 Å². The molecule has 0 spiro atoms. The third kappa shape index (κ3) is 4.23. The molecule has 2 aromatic rings. The van der Waals surface area contributed by atoms with Crippen LogP contribution in [-0.2, 0) is 16.0 Å². The number of hydrogen-bond acceptors (Lipinski definition) is 2. The van der Waals surface area contributed by atoms with E-state index in [1.807, 2.05) is 6.92 Å². The van der Waals surface area contributed by atoms with E-state index in [1.165, 1.54) is 22.6 Å². The molecule has 0 saturated carbocycles. The Morgan fingerprint density at radius 2 is 1.64 bits per heavy atom. The Morgan fingerprint density at radius 1 is 1.00 bits per heavy atom. The number of hydrogen-bond donors (Lipinski definition) is 0. The molecule has 3 nitrogen and oxygen atoms in total. The van der Waals surface area contributed by atoms with E-state index in [-0.39, 0.29) is 5.97 Å². The number of benzene rings is 1. The zero-order chi connectivity index (χ0) is 15.9. The topological polar surface area (TPSA) is 31.2 Å². The van der Waals surface area contributed by atoms with Gasteiger partial charge in [0.25, 0.3) is 0 Å². The fourth-order valence-corrected chi connectivity index (χ4v) is 2.72. The van der Waals surface area contributed by atoms with E-state index in [0.29, 0.717) is 13.0 Å². The van der Waals surface area contributed by atoms with Crippen LogP contribution >= 0.6 is 0 Å². The van der Waals surface area contributed by atoms with Gasteiger partial charge in [-0.25, -0.2) is 0 Å². The third-order valence-electron chi connectivity index (χ3n) is 3.87. The van der Waals surface area contributed by atoms with Gasteiger partial charge in [0.15, 0.2) is 0 Å². The first-order valence-corrected chi connectivity index (χ1v) is 8.01. The summed E-state index contributed by atoms with van der Waals surface area (Å²) in [7, 11) is 0. The minimum absolute atomic E-state index is 0.0867. The van der Waals surface area contributed by atoms with Crippen molar-refractivity contribution in [2.45, 2.75) is 46.5 Å². The molecule has 1 aromatic carbocycles. The van der Waals surface area contributed by atoms with Crippen molar-refractivity contribution in [2.24, 2.45) is 0 Å². The first-order valence-electron chi connectivity index (χ1n) is 8.01. The fourth-order valence-electron chi connectivity index (χ4n) is 2.72. The molecule has 2 rings (SSSR count). The minimum atomic E-state index is -0.0867. The highest BCUT2D eigenvalue weighted by Crippen LogP contribution is 2.17. The van der Waals surface area contributed by atoms with Crippen molar-refractivity contribution in [3.8, 4) is 5.69 Å². The molecule has 0 unspecified atom stereocenters. The predicted molar refractivity (Wildman–Crippen MR) is 89.4 cm³/mol. The van der Waals surface area contributed by atoms with Crippen LogP contribution < -0.4 is 0 Å². The maximum atomic E-state index is 11.3. The Kier molecular flexibility index (Phi) is 5.82. The lowest BCUT2D eigenvalue weighted by atomic mass is 10.1. The summed E-state index contributed by atoms with van der Waals surface area (Å²) in [4.78, 5) is 11.3. The van der Waals surface area contributed by atoms with Gasteiger partial charge in [0.05, 0.1) is 6.61 Å². The Labute approximate surface area is 132 Å². The van der Waals surface area contributed by atoms with Gasteiger partial charge in [-0.15, -0.1) is 0 Å². The number of carbonyl (C=O) groups excluding carboxylic acids is 1. The highest BCUT2D eigenvalue weighted by molar-refractivity contribution is 5.69. The minimum Gasteiger partial charge on any atom is -0.466 e. The van der Waals surface area contributed by atoms with Crippen LogP contribution in [0, 0.1) is 13.8 Å². The first kappa shape index (κ1) is 16.3. The molecule has 0 bridgehead atoms. The molecular weight excluding hydrogens is 274 g/mol. The Balaban J connectivity index is 1.86. The van der Waals surface area contributed by atoms with Crippen LogP contribution in [0.15, 0.2) is 36.4 Å². The first-order chi connectivity index (χ1) is 10.6. The van der Waals surface area contributed by atoms with Gasteiger partial charge in [-0.05, 0) is 69.9 Å². The smallest absolute Gasteiger partial charge is 0.305 e. The average molecular weight is 299 g/mol. The van der Waals surface area contributed by atoms with Crippen molar-refractivity contribution in [2.75, 3.05) is 6.61 Å². The molecule has 0 N–H and O–H groups in total. The van der Waals surface area contributed by atoms with E-state index < -0.39 is 0 Å². The fraction of sp³-hybridized carbons (Fsp3) is 0.421. The molecule has 0 aliphatic rings. The third-order valence-corrected chi connectivity index (χ3v) is 3.87. The van der Waals surface area contributed by atoms with E-state index >= 15 is 0 Å². The standard InChI is InChI=1S/C19H25NO2/c1-4-22-19(21)8-6-5-7-17-11-13-18(14-12-17)20-15(2)9-10-16(20)3/h9-14H,4-8H2,1-3H3. The molecule has 1 heterocycles. The molecule has 0 saturated heterocycles. The summed E-state index contributed by atoms with van der Waals surface area (Å²) >= 11 is 0. The Morgan fingerprint density at radius 3 is 2.23 bits per heavy atom. The van der Waals surface area contributed by atoms with Crippen molar-refractivity contribution >= 4 is 5.97 Å². The monoisotopic (exact) mass is 299 g/mol. The zero-order valence-corrected chi connectivity index (χ0v) is 13.8. The van der Waals surface area contributed by atoms with E-state index in [1.54, 1.807) is 0 Å². The van der Waals surface area contributed by atoms with Gasteiger partial charge in [-0.3, -0.25) is 4.79 Å². The number of ether oxygens (including phenoxy) is 1. The second-order valence-electron chi connectivity index (χ2n) is 5.63. The lowest BCUT2D eigenvalue weighted by Crippen LogP contribution is -2.03. The quantitative estimate of drug-likeness (QED) is 0.561. The Bertz CT molecular complexity index is 591. The number of esters is 1. The molecule has 0 fully saturated rings. The molecule has 0 amide bonds. The van der Waals surface area contributed by atoms with Gasteiger partial charge >= 0.3 is 5.97 Å². The van der Waals surface area contributed by atoms with Crippen LogP contribution in [0.1, 0.15) is 43.1 Å². The van der Waals surface area contributed by atoms with Crippen molar-refractivity contribution in [1.29, 1.82) is 0 Å². The van der Waals surface area contributed by atoms with Crippen LogP contribution in [0.5, 0.6) is 0 Å². The molecule has 0 atom stereocenters. The number of unbranched alkanes of at least 4 members (excludes halogenated alkanes) is 1. The van der Waals surface area contributed by atoms with Crippen molar-refractivity contribution in [1.82, 2.24) is 4.57 Å². The van der Waals surface area contributed by atoms with E-state index in [0.717, 1.165) is 19.3 Å². The summed E-state index contributed by atoms with van der Waals surface area (Å²) < 4.78 is 7.19. The van der Waals surface area contributed by atoms with Crippen LogP contribution in [0.4, 0.5) is 0 Å². The van der Waals surface area contributed by atoms with Crippen LogP contribution in [-0.4, -0.2) is 17.1 Å². The van der Waals surface area contributed by atoms with Gasteiger partial charge in [0, 0.05) is 23.5 Å². The number of aryl methyl sites for hydroxylation is 3. The second-order valence-corrected chi connectivity index (χ2v) is 5.63. The van der Waals surface area contributed by atoms with Crippen molar-refractivity contribution < 1.29 is 9.53 Å². The van der Waals surface area contributed by atoms with Crippen LogP contribution in [0.3, 0.4) is 0 Å². The summed E-state index contributed by atoms with van der Waals surface area (Å²) in [5.74, 6) is -0.0867. The number of rotatable bonds is 7. The van der Waals surface area contributed by atoms with Gasteiger partial charge in [-0.2, -0.15) is 0 Å². The highest BCUT2D eigenvalue weighted by Gasteiger charge is 2.04. The lowest BCUT2D eigenvalue weighted by Gasteiger charge is -2.10. The molecule has 0 aliphatic heterocycles. The van der Waals surface area contributed by atoms with E-state index in [4.69, 9.17) is 4.74 Å².